The zero-order valence-corrected chi connectivity index (χ0v) is 11.0. The van der Waals surface area contributed by atoms with Gasteiger partial charge in [-0.2, -0.15) is 0 Å². The number of halogens is 1. The van der Waals surface area contributed by atoms with Crippen LogP contribution in [0.1, 0.15) is 37.0 Å². The van der Waals surface area contributed by atoms with Gasteiger partial charge in [0.1, 0.15) is 5.82 Å². The summed E-state index contributed by atoms with van der Waals surface area (Å²) in [6.45, 7) is 6.11. The monoisotopic (exact) mass is 249 g/mol. The Morgan fingerprint density at radius 3 is 2.28 bits per heavy atom. The maximum atomic E-state index is 12.8. The van der Waals surface area contributed by atoms with Crippen LogP contribution in [-0.4, -0.2) is 23.9 Å². The van der Waals surface area contributed by atoms with E-state index in [-0.39, 0.29) is 11.7 Å². The number of carbonyl (C=O) groups is 1. The molecule has 18 heavy (non-hydrogen) atoms. The minimum absolute atomic E-state index is 0.0252. The van der Waals surface area contributed by atoms with Crippen molar-refractivity contribution in [2.24, 2.45) is 11.8 Å². The summed E-state index contributed by atoms with van der Waals surface area (Å²) in [4.78, 5) is 14.1. The van der Waals surface area contributed by atoms with Crippen LogP contribution < -0.4 is 0 Å². The van der Waals surface area contributed by atoms with Gasteiger partial charge >= 0.3 is 0 Å². The van der Waals surface area contributed by atoms with E-state index in [4.69, 9.17) is 0 Å². The molecule has 1 amide bonds. The van der Waals surface area contributed by atoms with E-state index >= 15 is 0 Å². The van der Waals surface area contributed by atoms with Crippen molar-refractivity contribution in [1.29, 1.82) is 0 Å². The van der Waals surface area contributed by atoms with Crippen LogP contribution in [0.3, 0.4) is 0 Å². The van der Waals surface area contributed by atoms with Gasteiger partial charge in [0.05, 0.1) is 0 Å². The predicted octanol–water partition coefficient (Wildman–Crippen LogP) is 3.33. The third kappa shape index (κ3) is 2.89. The maximum Gasteiger partial charge on any atom is 0.253 e. The van der Waals surface area contributed by atoms with Gasteiger partial charge in [0.2, 0.25) is 0 Å². The molecule has 0 bridgehead atoms. The lowest BCUT2D eigenvalue weighted by Crippen LogP contribution is -2.39. The highest BCUT2D eigenvalue weighted by molar-refractivity contribution is 5.94. The number of piperidine rings is 1. The molecule has 1 saturated heterocycles. The maximum absolute atomic E-state index is 12.8. The van der Waals surface area contributed by atoms with Crippen LogP contribution in [0.5, 0.6) is 0 Å². The molecule has 2 rings (SSSR count). The van der Waals surface area contributed by atoms with Gasteiger partial charge in [0.15, 0.2) is 0 Å². The molecule has 1 aliphatic heterocycles. The molecule has 1 aromatic rings. The Balaban J connectivity index is 1.97. The molecule has 1 heterocycles. The Hall–Kier alpha value is -1.38. The highest BCUT2D eigenvalue weighted by Gasteiger charge is 2.25. The third-order valence-corrected chi connectivity index (χ3v) is 3.86. The zero-order chi connectivity index (χ0) is 13.1. The fourth-order valence-corrected chi connectivity index (χ4v) is 2.54. The summed E-state index contributed by atoms with van der Waals surface area (Å²) in [5.74, 6) is 1.14. The Morgan fingerprint density at radius 2 is 1.78 bits per heavy atom. The number of hydrogen-bond donors (Lipinski definition) is 0. The molecule has 0 spiro atoms. The molecule has 98 valence electrons. The smallest absolute Gasteiger partial charge is 0.253 e. The van der Waals surface area contributed by atoms with Gasteiger partial charge in [0, 0.05) is 18.7 Å². The first-order chi connectivity index (χ1) is 8.58. The molecule has 1 aromatic carbocycles. The summed E-state index contributed by atoms with van der Waals surface area (Å²) >= 11 is 0. The number of likely N-dealkylation sites (tertiary alicyclic amines) is 1. The molecule has 1 fully saturated rings. The van der Waals surface area contributed by atoms with E-state index in [1.54, 1.807) is 12.1 Å². The lowest BCUT2D eigenvalue weighted by atomic mass is 9.86. The van der Waals surface area contributed by atoms with Crippen molar-refractivity contribution in [3.8, 4) is 0 Å². The number of rotatable bonds is 2. The van der Waals surface area contributed by atoms with E-state index in [2.05, 4.69) is 13.8 Å². The van der Waals surface area contributed by atoms with Crippen molar-refractivity contribution in [1.82, 2.24) is 4.90 Å². The van der Waals surface area contributed by atoms with Gasteiger partial charge in [0.25, 0.3) is 5.91 Å². The van der Waals surface area contributed by atoms with E-state index in [0.29, 0.717) is 11.5 Å². The zero-order valence-electron chi connectivity index (χ0n) is 11.0. The largest absolute Gasteiger partial charge is 0.339 e. The van der Waals surface area contributed by atoms with Crippen molar-refractivity contribution in [2.75, 3.05) is 13.1 Å². The van der Waals surface area contributed by atoms with Gasteiger partial charge < -0.3 is 4.90 Å². The number of nitrogens with zero attached hydrogens (tertiary/aromatic N) is 1. The van der Waals surface area contributed by atoms with Crippen LogP contribution in [0.2, 0.25) is 0 Å². The van der Waals surface area contributed by atoms with Gasteiger partial charge in [-0.1, -0.05) is 13.8 Å². The Morgan fingerprint density at radius 1 is 1.22 bits per heavy atom. The molecule has 0 aliphatic carbocycles. The SMILES string of the molecule is CC(C)C1CCN(C(=O)c2ccc(F)cc2)CC1. The lowest BCUT2D eigenvalue weighted by Gasteiger charge is -2.33. The number of carbonyl (C=O) groups excluding carboxylic acids is 1. The predicted molar refractivity (Wildman–Crippen MR) is 69.9 cm³/mol. The van der Waals surface area contributed by atoms with Crippen molar-refractivity contribution in [2.45, 2.75) is 26.7 Å². The first kappa shape index (κ1) is 13.1. The topological polar surface area (TPSA) is 20.3 Å². The molecule has 0 radical (unpaired) electrons. The van der Waals surface area contributed by atoms with E-state index < -0.39 is 0 Å². The molecule has 0 N–H and O–H groups in total. The second kappa shape index (κ2) is 5.51. The van der Waals surface area contributed by atoms with Crippen molar-refractivity contribution >= 4 is 5.91 Å². The highest BCUT2D eigenvalue weighted by atomic mass is 19.1. The summed E-state index contributed by atoms with van der Waals surface area (Å²) in [5, 5.41) is 0. The minimum atomic E-state index is -0.301. The van der Waals surface area contributed by atoms with Crippen LogP contribution in [0, 0.1) is 17.7 Å². The average molecular weight is 249 g/mol. The normalized spacial score (nSPS) is 17.2. The molecular weight excluding hydrogens is 229 g/mol. The second-order valence-electron chi connectivity index (χ2n) is 5.38. The number of amides is 1. The summed E-state index contributed by atoms with van der Waals surface area (Å²) in [6.07, 6.45) is 2.15. The highest BCUT2D eigenvalue weighted by Crippen LogP contribution is 2.25. The van der Waals surface area contributed by atoms with Crippen LogP contribution in [-0.2, 0) is 0 Å². The average Bonchev–Trinajstić information content (AvgIpc) is 2.39. The van der Waals surface area contributed by atoms with E-state index in [1.807, 2.05) is 4.90 Å². The second-order valence-corrected chi connectivity index (χ2v) is 5.38. The molecular formula is C15H20FNO. The van der Waals surface area contributed by atoms with E-state index in [0.717, 1.165) is 31.8 Å². The van der Waals surface area contributed by atoms with Crippen molar-refractivity contribution < 1.29 is 9.18 Å². The van der Waals surface area contributed by atoms with Crippen LogP contribution in [0.25, 0.3) is 0 Å². The van der Waals surface area contributed by atoms with E-state index in [9.17, 15) is 9.18 Å². The molecule has 1 aliphatic rings. The van der Waals surface area contributed by atoms with Gasteiger partial charge in [-0.05, 0) is 48.9 Å². The molecule has 0 aromatic heterocycles. The molecule has 2 nitrogen and oxygen atoms in total. The quantitative estimate of drug-likeness (QED) is 0.787. The Labute approximate surface area is 108 Å². The Bertz CT molecular complexity index is 405. The standard InChI is InChI=1S/C15H20FNO/c1-11(2)12-7-9-17(10-8-12)15(18)13-3-5-14(16)6-4-13/h3-6,11-12H,7-10H2,1-2H3. The van der Waals surface area contributed by atoms with E-state index in [1.165, 1.54) is 12.1 Å². The van der Waals surface area contributed by atoms with Crippen LogP contribution in [0.15, 0.2) is 24.3 Å². The van der Waals surface area contributed by atoms with Gasteiger partial charge in [-0.25, -0.2) is 4.39 Å². The minimum Gasteiger partial charge on any atom is -0.339 e. The number of hydrogen-bond acceptors (Lipinski definition) is 1. The summed E-state index contributed by atoms with van der Waals surface area (Å²) in [6, 6.07) is 5.81. The summed E-state index contributed by atoms with van der Waals surface area (Å²) in [7, 11) is 0. The van der Waals surface area contributed by atoms with Crippen LogP contribution in [0.4, 0.5) is 4.39 Å². The molecule has 0 atom stereocenters. The first-order valence-corrected chi connectivity index (χ1v) is 6.63. The summed E-state index contributed by atoms with van der Waals surface area (Å²) < 4.78 is 12.8. The lowest BCUT2D eigenvalue weighted by molar-refractivity contribution is 0.0667. The van der Waals surface area contributed by atoms with Crippen molar-refractivity contribution in [3.05, 3.63) is 35.6 Å². The summed E-state index contributed by atoms with van der Waals surface area (Å²) in [5.41, 5.74) is 0.583. The first-order valence-electron chi connectivity index (χ1n) is 6.63. The third-order valence-electron chi connectivity index (χ3n) is 3.86. The fraction of sp³-hybridized carbons (Fsp3) is 0.533. The Kier molecular flexibility index (Phi) is 4.00. The number of benzene rings is 1. The van der Waals surface area contributed by atoms with Crippen molar-refractivity contribution in [3.63, 3.8) is 0 Å². The van der Waals surface area contributed by atoms with Gasteiger partial charge in [-0.3, -0.25) is 4.79 Å². The molecule has 0 unspecified atom stereocenters. The fourth-order valence-electron chi connectivity index (χ4n) is 2.54. The van der Waals surface area contributed by atoms with Crippen LogP contribution >= 0.6 is 0 Å². The molecule has 3 heteroatoms. The molecule has 0 saturated carbocycles. The van der Waals surface area contributed by atoms with Gasteiger partial charge in [-0.15, -0.1) is 0 Å².